The van der Waals surface area contributed by atoms with Gasteiger partial charge in [0.15, 0.2) is 0 Å². The molecular weight excluding hydrogens is 243 g/mol. The highest BCUT2D eigenvalue weighted by Crippen LogP contribution is 2.29. The molecule has 1 aromatic carbocycles. The number of anilines is 1. The maximum Gasteiger partial charge on any atom is 0.224 e. The fourth-order valence-electron chi connectivity index (χ4n) is 2.37. The van der Waals surface area contributed by atoms with Gasteiger partial charge in [0, 0.05) is 23.7 Å². The van der Waals surface area contributed by atoms with E-state index in [9.17, 15) is 9.18 Å². The number of halogens is 1. The Morgan fingerprint density at radius 3 is 2.74 bits per heavy atom. The van der Waals surface area contributed by atoms with Crippen LogP contribution in [0.5, 0.6) is 0 Å². The molecule has 0 saturated heterocycles. The summed E-state index contributed by atoms with van der Waals surface area (Å²) in [6.45, 7) is 4.26. The highest BCUT2D eigenvalue weighted by molar-refractivity contribution is 5.93. The molecule has 1 aliphatic heterocycles. The second-order valence-corrected chi connectivity index (χ2v) is 5.66. The van der Waals surface area contributed by atoms with Crippen LogP contribution in [0.25, 0.3) is 0 Å². The summed E-state index contributed by atoms with van der Waals surface area (Å²) in [5.74, 6) is 0.187. The molecule has 0 saturated carbocycles. The molecule has 104 valence electrons. The third-order valence-electron chi connectivity index (χ3n) is 3.57. The highest BCUT2D eigenvalue weighted by atomic mass is 19.1. The first-order valence-electron chi connectivity index (χ1n) is 6.85. The third kappa shape index (κ3) is 3.32. The van der Waals surface area contributed by atoms with Crippen LogP contribution in [-0.4, -0.2) is 5.91 Å². The van der Waals surface area contributed by atoms with Crippen molar-refractivity contribution in [3.05, 3.63) is 29.1 Å². The van der Waals surface area contributed by atoms with Crippen molar-refractivity contribution in [2.24, 2.45) is 11.7 Å². The van der Waals surface area contributed by atoms with E-state index in [1.165, 1.54) is 6.07 Å². The average molecular weight is 264 g/mol. The zero-order chi connectivity index (χ0) is 14.0. The van der Waals surface area contributed by atoms with E-state index in [2.05, 4.69) is 19.2 Å². The Balaban J connectivity index is 2.20. The Morgan fingerprint density at radius 2 is 2.05 bits per heavy atom. The van der Waals surface area contributed by atoms with Crippen molar-refractivity contribution < 1.29 is 9.18 Å². The van der Waals surface area contributed by atoms with E-state index < -0.39 is 0 Å². The molecule has 0 bridgehead atoms. The Labute approximate surface area is 113 Å². The first kappa shape index (κ1) is 14.0. The lowest BCUT2D eigenvalue weighted by molar-refractivity contribution is -0.116. The van der Waals surface area contributed by atoms with Gasteiger partial charge in [-0.2, -0.15) is 0 Å². The first-order chi connectivity index (χ1) is 8.97. The number of aryl methyl sites for hydroxylation is 1. The summed E-state index contributed by atoms with van der Waals surface area (Å²) < 4.78 is 14.0. The number of hydrogen-bond acceptors (Lipinski definition) is 2. The van der Waals surface area contributed by atoms with Gasteiger partial charge in [-0.25, -0.2) is 4.39 Å². The van der Waals surface area contributed by atoms with E-state index in [1.807, 2.05) is 6.07 Å². The molecule has 1 aromatic rings. The van der Waals surface area contributed by atoms with E-state index in [0.29, 0.717) is 30.0 Å². The van der Waals surface area contributed by atoms with Crippen LogP contribution in [-0.2, 0) is 11.2 Å². The van der Waals surface area contributed by atoms with Crippen LogP contribution in [0.2, 0.25) is 0 Å². The lowest BCUT2D eigenvalue weighted by atomic mass is 9.93. The fourth-order valence-corrected chi connectivity index (χ4v) is 2.37. The lowest BCUT2D eigenvalue weighted by Gasteiger charge is -2.21. The van der Waals surface area contributed by atoms with Crippen LogP contribution in [0.3, 0.4) is 0 Å². The molecule has 1 heterocycles. The number of fused-ring (bicyclic) bond motifs is 1. The van der Waals surface area contributed by atoms with Gasteiger partial charge in [0.05, 0.1) is 0 Å². The van der Waals surface area contributed by atoms with Crippen LogP contribution < -0.4 is 11.1 Å². The molecule has 1 unspecified atom stereocenters. The minimum Gasteiger partial charge on any atom is -0.326 e. The number of benzene rings is 1. The number of nitrogens with one attached hydrogen (secondary N) is 1. The second kappa shape index (κ2) is 5.70. The summed E-state index contributed by atoms with van der Waals surface area (Å²) >= 11 is 0. The summed E-state index contributed by atoms with van der Waals surface area (Å²) in [6.07, 6.45) is 2.87. The molecule has 2 rings (SSSR count). The molecule has 0 aromatic heterocycles. The van der Waals surface area contributed by atoms with E-state index >= 15 is 0 Å². The molecule has 1 amide bonds. The third-order valence-corrected chi connectivity index (χ3v) is 3.57. The predicted octanol–water partition coefficient (Wildman–Crippen LogP) is 3.15. The number of carbonyl (C=O) groups excluding carboxylic acids is 1. The van der Waals surface area contributed by atoms with Crippen molar-refractivity contribution in [3.8, 4) is 0 Å². The van der Waals surface area contributed by atoms with Crippen molar-refractivity contribution in [2.45, 2.75) is 45.6 Å². The van der Waals surface area contributed by atoms with Gasteiger partial charge in [0.25, 0.3) is 0 Å². The van der Waals surface area contributed by atoms with E-state index in [0.717, 1.165) is 18.4 Å². The largest absolute Gasteiger partial charge is 0.326 e. The van der Waals surface area contributed by atoms with Crippen LogP contribution in [0.4, 0.5) is 10.1 Å². The van der Waals surface area contributed by atoms with Gasteiger partial charge >= 0.3 is 0 Å². The van der Waals surface area contributed by atoms with Gasteiger partial charge in [-0.05, 0) is 42.9 Å². The molecule has 0 radical (unpaired) electrons. The minimum atomic E-state index is -0.322. The molecule has 1 aliphatic rings. The molecule has 0 aliphatic carbocycles. The van der Waals surface area contributed by atoms with Crippen molar-refractivity contribution in [2.75, 3.05) is 5.32 Å². The Kier molecular flexibility index (Phi) is 4.20. The number of amides is 1. The zero-order valence-electron chi connectivity index (χ0n) is 11.5. The standard InChI is InChI=1S/C15H21FN2O/c1-9(2)3-5-13(17)11-7-10-4-6-15(19)18-14(10)8-12(11)16/h7-9,13H,3-6,17H2,1-2H3,(H,18,19). The fraction of sp³-hybridized carbons (Fsp3) is 0.533. The molecule has 3 nitrogen and oxygen atoms in total. The SMILES string of the molecule is CC(C)CCC(N)c1cc2c(cc1F)NC(=O)CC2. The van der Waals surface area contributed by atoms with Crippen molar-refractivity contribution in [1.82, 2.24) is 0 Å². The molecular formula is C15H21FN2O. The first-order valence-corrected chi connectivity index (χ1v) is 6.85. The maximum absolute atomic E-state index is 14.0. The van der Waals surface area contributed by atoms with Gasteiger partial charge in [0.1, 0.15) is 5.82 Å². The summed E-state index contributed by atoms with van der Waals surface area (Å²) in [5, 5.41) is 2.70. The number of nitrogens with two attached hydrogens (primary N) is 1. The monoisotopic (exact) mass is 264 g/mol. The van der Waals surface area contributed by atoms with Crippen LogP contribution in [0.1, 0.15) is 50.3 Å². The van der Waals surface area contributed by atoms with Gasteiger partial charge in [-0.1, -0.05) is 13.8 Å². The van der Waals surface area contributed by atoms with Gasteiger partial charge in [0.2, 0.25) is 5.91 Å². The smallest absolute Gasteiger partial charge is 0.224 e. The summed E-state index contributed by atoms with van der Waals surface area (Å²) in [4.78, 5) is 11.3. The van der Waals surface area contributed by atoms with Gasteiger partial charge < -0.3 is 11.1 Å². The Morgan fingerprint density at radius 1 is 1.32 bits per heavy atom. The van der Waals surface area contributed by atoms with E-state index in [-0.39, 0.29) is 17.8 Å². The quantitative estimate of drug-likeness (QED) is 0.877. The molecule has 3 N–H and O–H groups in total. The van der Waals surface area contributed by atoms with E-state index in [1.54, 1.807) is 0 Å². The summed E-state index contributed by atoms with van der Waals surface area (Å²) in [7, 11) is 0. The molecule has 1 atom stereocenters. The predicted molar refractivity (Wildman–Crippen MR) is 74.4 cm³/mol. The topological polar surface area (TPSA) is 55.1 Å². The summed E-state index contributed by atoms with van der Waals surface area (Å²) in [6, 6.07) is 2.94. The second-order valence-electron chi connectivity index (χ2n) is 5.66. The Bertz CT molecular complexity index is 485. The minimum absolute atomic E-state index is 0.0521. The number of carbonyl (C=O) groups is 1. The van der Waals surface area contributed by atoms with Gasteiger partial charge in [-0.15, -0.1) is 0 Å². The highest BCUT2D eigenvalue weighted by Gasteiger charge is 2.20. The van der Waals surface area contributed by atoms with E-state index in [4.69, 9.17) is 5.73 Å². The maximum atomic E-state index is 14.0. The summed E-state index contributed by atoms with van der Waals surface area (Å²) in [5.41, 5.74) is 8.22. The molecule has 19 heavy (non-hydrogen) atoms. The lowest BCUT2D eigenvalue weighted by Crippen LogP contribution is -2.21. The zero-order valence-corrected chi connectivity index (χ0v) is 11.5. The van der Waals surface area contributed by atoms with Crippen molar-refractivity contribution >= 4 is 11.6 Å². The molecule has 4 heteroatoms. The van der Waals surface area contributed by atoms with Crippen molar-refractivity contribution in [1.29, 1.82) is 0 Å². The van der Waals surface area contributed by atoms with Crippen molar-refractivity contribution in [3.63, 3.8) is 0 Å². The Hall–Kier alpha value is -1.42. The van der Waals surface area contributed by atoms with Gasteiger partial charge in [-0.3, -0.25) is 4.79 Å². The molecule has 0 fully saturated rings. The number of rotatable bonds is 4. The normalized spacial score (nSPS) is 16.2. The van der Waals surface area contributed by atoms with Crippen LogP contribution >= 0.6 is 0 Å². The molecule has 0 spiro atoms. The van der Waals surface area contributed by atoms with Crippen LogP contribution in [0, 0.1) is 11.7 Å². The van der Waals surface area contributed by atoms with Crippen LogP contribution in [0.15, 0.2) is 12.1 Å². The number of hydrogen-bond donors (Lipinski definition) is 2. The average Bonchev–Trinajstić information content (AvgIpc) is 2.35.